The molecule has 0 radical (unpaired) electrons. The van der Waals surface area contributed by atoms with E-state index in [0.717, 1.165) is 40.7 Å². The largest absolute Gasteiger partial charge is 0.321 e. The molecule has 31 heavy (non-hydrogen) atoms. The second-order valence-electron chi connectivity index (χ2n) is 8.90. The Kier molecular flexibility index (Phi) is 5.64. The molecule has 4 heteroatoms. The second kappa shape index (κ2) is 8.38. The normalized spacial score (nSPS) is 11.6. The van der Waals surface area contributed by atoms with Crippen molar-refractivity contribution in [3.63, 3.8) is 0 Å². The van der Waals surface area contributed by atoms with Crippen molar-refractivity contribution in [2.45, 2.75) is 46.1 Å². The molecule has 1 aromatic heterocycles. The van der Waals surface area contributed by atoms with E-state index < -0.39 is 0 Å². The summed E-state index contributed by atoms with van der Waals surface area (Å²) in [6, 6.07) is 24.0. The van der Waals surface area contributed by atoms with Crippen molar-refractivity contribution < 1.29 is 4.79 Å². The molecule has 0 saturated carbocycles. The number of aryl methyl sites for hydroxylation is 1. The number of nitrogens with one attached hydrogen (secondary N) is 1. The number of hydrogen-bond donors (Lipinski definition) is 1. The zero-order valence-corrected chi connectivity index (χ0v) is 18.6. The maximum Gasteiger partial charge on any atom is 0.255 e. The number of anilines is 1. The topological polar surface area (TPSA) is 46.9 Å². The molecule has 0 bridgehead atoms. The van der Waals surface area contributed by atoms with Gasteiger partial charge in [-0.15, -0.1) is 0 Å². The van der Waals surface area contributed by atoms with Gasteiger partial charge in [0.15, 0.2) is 0 Å². The quantitative estimate of drug-likeness (QED) is 0.399. The molecule has 0 atom stereocenters. The monoisotopic (exact) mass is 411 g/mol. The maximum atomic E-state index is 13.0. The van der Waals surface area contributed by atoms with Crippen LogP contribution < -0.4 is 5.32 Å². The van der Waals surface area contributed by atoms with Crippen molar-refractivity contribution in [3.8, 4) is 11.3 Å². The van der Waals surface area contributed by atoms with Crippen LogP contribution in [0.5, 0.6) is 0 Å². The molecule has 158 valence electrons. The Balaban J connectivity index is 1.79. The average Bonchev–Trinajstić information content (AvgIpc) is 3.16. The molecule has 1 amide bonds. The molecule has 0 aliphatic carbocycles. The minimum absolute atomic E-state index is 0.113. The van der Waals surface area contributed by atoms with Crippen LogP contribution in [0.4, 0.5) is 5.69 Å². The van der Waals surface area contributed by atoms with E-state index in [1.165, 1.54) is 5.56 Å². The number of aromatic nitrogens is 2. The lowest BCUT2D eigenvalue weighted by atomic mass is 10.0. The summed E-state index contributed by atoms with van der Waals surface area (Å²) in [5, 5.41) is 9.06. The summed E-state index contributed by atoms with van der Waals surface area (Å²) in [5.41, 5.74) is 5.39. The molecule has 1 heterocycles. The lowest BCUT2D eigenvalue weighted by Crippen LogP contribution is -2.23. The predicted octanol–water partition coefficient (Wildman–Crippen LogP) is 6.66. The van der Waals surface area contributed by atoms with E-state index in [4.69, 9.17) is 5.10 Å². The van der Waals surface area contributed by atoms with E-state index in [1.54, 1.807) is 0 Å². The highest BCUT2D eigenvalue weighted by Gasteiger charge is 2.23. The molecule has 0 unspecified atom stereocenters. The summed E-state index contributed by atoms with van der Waals surface area (Å²) < 4.78 is 2.04. The Morgan fingerprint density at radius 3 is 2.29 bits per heavy atom. The Hall–Kier alpha value is -3.40. The average molecular weight is 412 g/mol. The van der Waals surface area contributed by atoms with E-state index in [9.17, 15) is 4.79 Å². The first-order valence-corrected chi connectivity index (χ1v) is 10.9. The predicted molar refractivity (Wildman–Crippen MR) is 129 cm³/mol. The van der Waals surface area contributed by atoms with Gasteiger partial charge in [-0.05, 0) is 57.0 Å². The molecular formula is C27H29N3O. The van der Waals surface area contributed by atoms with Gasteiger partial charge in [-0.1, -0.05) is 61.9 Å². The summed E-state index contributed by atoms with van der Waals surface area (Å²) in [7, 11) is 0. The van der Waals surface area contributed by atoms with Crippen LogP contribution in [0.15, 0.2) is 72.8 Å². The Bertz CT molecular complexity index is 1200. The highest BCUT2D eigenvalue weighted by atomic mass is 16.1. The summed E-state index contributed by atoms with van der Waals surface area (Å²) in [6.07, 6.45) is 2.11. The van der Waals surface area contributed by atoms with Gasteiger partial charge < -0.3 is 5.32 Å². The van der Waals surface area contributed by atoms with Gasteiger partial charge in [0.25, 0.3) is 5.91 Å². The summed E-state index contributed by atoms with van der Waals surface area (Å²) in [4.78, 5) is 13.0. The van der Waals surface area contributed by atoms with Crippen LogP contribution in [0, 0.1) is 0 Å². The lowest BCUT2D eigenvalue weighted by molar-refractivity contribution is 0.102. The van der Waals surface area contributed by atoms with Gasteiger partial charge >= 0.3 is 0 Å². The molecule has 1 N–H and O–H groups in total. The third kappa shape index (κ3) is 4.24. The van der Waals surface area contributed by atoms with Gasteiger partial charge in [0.2, 0.25) is 0 Å². The van der Waals surface area contributed by atoms with Crippen molar-refractivity contribution in [3.05, 3.63) is 83.9 Å². The molecule has 0 aliphatic rings. The van der Waals surface area contributed by atoms with Crippen LogP contribution in [-0.2, 0) is 12.0 Å². The van der Waals surface area contributed by atoms with Gasteiger partial charge in [-0.2, -0.15) is 5.10 Å². The third-order valence-electron chi connectivity index (χ3n) is 5.39. The first-order chi connectivity index (χ1) is 14.9. The number of fused-ring (bicyclic) bond motifs is 1. The molecule has 0 aliphatic heterocycles. The van der Waals surface area contributed by atoms with E-state index in [-0.39, 0.29) is 11.4 Å². The molecule has 0 spiro atoms. The lowest BCUT2D eigenvalue weighted by Gasteiger charge is -2.20. The Morgan fingerprint density at radius 1 is 0.935 bits per heavy atom. The first kappa shape index (κ1) is 20.9. The number of rotatable bonds is 5. The number of benzene rings is 3. The molecule has 4 nitrogen and oxygen atoms in total. The minimum atomic E-state index is -0.191. The zero-order valence-electron chi connectivity index (χ0n) is 18.6. The molecule has 4 rings (SSSR count). The fourth-order valence-corrected chi connectivity index (χ4v) is 3.89. The van der Waals surface area contributed by atoms with E-state index in [0.29, 0.717) is 5.56 Å². The first-order valence-electron chi connectivity index (χ1n) is 10.9. The Morgan fingerprint density at radius 2 is 1.65 bits per heavy atom. The zero-order chi connectivity index (χ0) is 22.0. The SMILES string of the molecule is CCCc1ccc(C(=O)Nc2cccc3c2c(-c2ccccc2)nn3C(C)(C)C)cc1. The highest BCUT2D eigenvalue weighted by molar-refractivity contribution is 6.11. The molecule has 0 fully saturated rings. The minimum Gasteiger partial charge on any atom is -0.321 e. The third-order valence-corrected chi connectivity index (χ3v) is 5.39. The second-order valence-corrected chi connectivity index (χ2v) is 8.90. The van der Waals surface area contributed by atoms with E-state index in [1.807, 2.05) is 59.3 Å². The van der Waals surface area contributed by atoms with Crippen molar-refractivity contribution in [2.24, 2.45) is 0 Å². The van der Waals surface area contributed by atoms with Gasteiger partial charge in [0.05, 0.1) is 22.1 Å². The molecular weight excluding hydrogens is 382 g/mol. The number of carbonyl (C=O) groups is 1. The van der Waals surface area contributed by atoms with Crippen LogP contribution in [0.1, 0.15) is 50.0 Å². The maximum absolute atomic E-state index is 13.0. The molecule has 4 aromatic rings. The van der Waals surface area contributed by atoms with Gasteiger partial charge in [0, 0.05) is 11.1 Å². The van der Waals surface area contributed by atoms with Crippen LogP contribution in [-0.4, -0.2) is 15.7 Å². The van der Waals surface area contributed by atoms with Gasteiger partial charge in [-0.3, -0.25) is 9.48 Å². The molecule has 3 aromatic carbocycles. The van der Waals surface area contributed by atoms with Crippen molar-refractivity contribution in [1.29, 1.82) is 0 Å². The van der Waals surface area contributed by atoms with Crippen LogP contribution >= 0.6 is 0 Å². The summed E-state index contributed by atoms with van der Waals surface area (Å²) >= 11 is 0. The van der Waals surface area contributed by atoms with Gasteiger partial charge in [0.1, 0.15) is 5.69 Å². The fourth-order valence-electron chi connectivity index (χ4n) is 3.89. The number of carbonyl (C=O) groups excluding carboxylic acids is 1. The number of nitrogens with zero attached hydrogens (tertiary/aromatic N) is 2. The summed E-state index contributed by atoms with van der Waals surface area (Å²) in [6.45, 7) is 8.56. The van der Waals surface area contributed by atoms with Crippen molar-refractivity contribution in [1.82, 2.24) is 9.78 Å². The highest BCUT2D eigenvalue weighted by Crippen LogP contribution is 2.36. The summed E-state index contributed by atoms with van der Waals surface area (Å²) in [5.74, 6) is -0.113. The van der Waals surface area contributed by atoms with E-state index >= 15 is 0 Å². The van der Waals surface area contributed by atoms with Crippen molar-refractivity contribution in [2.75, 3.05) is 5.32 Å². The van der Waals surface area contributed by atoms with Crippen LogP contribution in [0.3, 0.4) is 0 Å². The number of amides is 1. The standard InChI is InChI=1S/C27H29N3O/c1-5-10-19-15-17-21(18-16-19)26(31)28-22-13-9-14-23-24(22)25(20-11-7-6-8-12-20)29-30(23)27(2,3)4/h6-9,11-18H,5,10H2,1-4H3,(H,28,31). The fraction of sp³-hybridized carbons (Fsp3) is 0.259. The van der Waals surface area contributed by atoms with Crippen LogP contribution in [0.2, 0.25) is 0 Å². The van der Waals surface area contributed by atoms with E-state index in [2.05, 4.69) is 51.2 Å². The smallest absolute Gasteiger partial charge is 0.255 e. The Labute approximate surface area is 183 Å². The molecule has 0 saturated heterocycles. The van der Waals surface area contributed by atoms with Crippen LogP contribution in [0.25, 0.3) is 22.2 Å². The van der Waals surface area contributed by atoms with Crippen molar-refractivity contribution >= 4 is 22.5 Å². The van der Waals surface area contributed by atoms with Gasteiger partial charge in [-0.25, -0.2) is 0 Å². The number of hydrogen-bond acceptors (Lipinski definition) is 2.